The second-order valence-electron chi connectivity index (χ2n) is 5.39. The van der Waals surface area contributed by atoms with Gasteiger partial charge in [0.25, 0.3) is 0 Å². The Bertz CT molecular complexity index is 368. The monoisotopic (exact) mass is 260 g/mol. The summed E-state index contributed by atoms with van der Waals surface area (Å²) in [6.45, 7) is 7.41. The van der Waals surface area contributed by atoms with Crippen molar-refractivity contribution in [3.63, 3.8) is 0 Å². The van der Waals surface area contributed by atoms with Gasteiger partial charge < -0.3 is 4.74 Å². The van der Waals surface area contributed by atoms with E-state index in [-0.39, 0.29) is 5.22 Å². The van der Waals surface area contributed by atoms with Crippen molar-refractivity contribution in [1.82, 2.24) is 0 Å². The van der Waals surface area contributed by atoms with Gasteiger partial charge in [0.15, 0.2) is 0 Å². The summed E-state index contributed by atoms with van der Waals surface area (Å²) in [7, 11) is -0.929. The van der Waals surface area contributed by atoms with Crippen molar-refractivity contribution in [3.05, 3.63) is 48.6 Å². The molecule has 0 amide bonds. The highest BCUT2D eigenvalue weighted by Crippen LogP contribution is 2.30. The van der Waals surface area contributed by atoms with Gasteiger partial charge in [-0.2, -0.15) is 0 Å². The Morgan fingerprint density at radius 2 is 2.11 bits per heavy atom. The second kappa shape index (κ2) is 6.35. The topological polar surface area (TPSA) is 9.23 Å². The van der Waals surface area contributed by atoms with Gasteiger partial charge >= 0.3 is 0 Å². The molecule has 0 spiro atoms. The molecule has 0 bridgehead atoms. The summed E-state index contributed by atoms with van der Waals surface area (Å²) in [4.78, 5) is 0. The molecule has 0 N–H and O–H groups in total. The summed E-state index contributed by atoms with van der Waals surface area (Å²) in [5.74, 6) is 0. The maximum atomic E-state index is 6.11. The van der Waals surface area contributed by atoms with Crippen molar-refractivity contribution in [2.45, 2.75) is 43.5 Å². The van der Waals surface area contributed by atoms with E-state index in [1.165, 1.54) is 37.3 Å². The molecule has 1 nitrogen and oxygen atoms in total. The number of hydrogen-bond acceptors (Lipinski definition) is 1. The van der Waals surface area contributed by atoms with Gasteiger partial charge in [0.2, 0.25) is 0 Å². The van der Waals surface area contributed by atoms with Crippen LogP contribution in [0.4, 0.5) is 0 Å². The minimum Gasteiger partial charge on any atom is -0.375 e. The lowest BCUT2D eigenvalue weighted by Crippen LogP contribution is -2.47. The van der Waals surface area contributed by atoms with Crippen LogP contribution >= 0.6 is 0 Å². The van der Waals surface area contributed by atoms with E-state index >= 15 is 0 Å². The van der Waals surface area contributed by atoms with E-state index < -0.39 is 8.80 Å². The van der Waals surface area contributed by atoms with Crippen molar-refractivity contribution in [2.24, 2.45) is 0 Å². The van der Waals surface area contributed by atoms with Crippen LogP contribution in [0.2, 0.25) is 12.6 Å². The molecule has 2 heteroatoms. The summed E-state index contributed by atoms with van der Waals surface area (Å²) < 4.78 is 6.11. The predicted octanol–water partition coefficient (Wildman–Crippen LogP) is 3.75. The van der Waals surface area contributed by atoms with Crippen LogP contribution in [0.5, 0.6) is 0 Å². The Morgan fingerprint density at radius 1 is 1.33 bits per heavy atom. The zero-order valence-electron chi connectivity index (χ0n) is 11.4. The Labute approximate surface area is 112 Å². The number of rotatable bonds is 5. The lowest BCUT2D eigenvalue weighted by atomic mass is 10.1. The number of aryl methyl sites for hydroxylation is 1. The molecule has 2 atom stereocenters. The molecule has 2 rings (SSSR count). The molecule has 0 radical (unpaired) electrons. The van der Waals surface area contributed by atoms with E-state index in [1.54, 1.807) is 0 Å². The molecule has 1 aliphatic rings. The first-order chi connectivity index (χ1) is 8.77. The standard InChI is InChI=1S/C16H24OSi/c1-3-16(12-7-8-13-17-16)18(2)14-11-15-9-5-4-6-10-15/h3-6,9-10,18H,1,7-8,11-14H2,2H3. The zero-order chi connectivity index (χ0) is 12.8. The second-order valence-corrected chi connectivity index (χ2v) is 8.75. The highest BCUT2D eigenvalue weighted by molar-refractivity contribution is 6.61. The van der Waals surface area contributed by atoms with Crippen LogP contribution in [0.1, 0.15) is 24.8 Å². The fraction of sp³-hybridized carbons (Fsp3) is 0.500. The van der Waals surface area contributed by atoms with Crippen LogP contribution in [-0.2, 0) is 11.2 Å². The molecule has 18 heavy (non-hydrogen) atoms. The fourth-order valence-electron chi connectivity index (χ4n) is 2.86. The zero-order valence-corrected chi connectivity index (χ0v) is 12.6. The van der Waals surface area contributed by atoms with Crippen LogP contribution in [0.15, 0.2) is 43.0 Å². The van der Waals surface area contributed by atoms with E-state index in [4.69, 9.17) is 4.74 Å². The summed E-state index contributed by atoms with van der Waals surface area (Å²) in [6, 6.07) is 12.1. The van der Waals surface area contributed by atoms with Gasteiger partial charge in [-0.1, -0.05) is 49.0 Å². The molecular weight excluding hydrogens is 236 g/mol. The van der Waals surface area contributed by atoms with Gasteiger partial charge in [0, 0.05) is 6.61 Å². The summed E-state index contributed by atoms with van der Waals surface area (Å²) in [6.07, 6.45) is 7.00. The molecule has 1 saturated heterocycles. The van der Waals surface area contributed by atoms with Crippen molar-refractivity contribution in [1.29, 1.82) is 0 Å². The van der Waals surface area contributed by atoms with E-state index in [9.17, 15) is 0 Å². The maximum absolute atomic E-state index is 6.11. The normalized spacial score (nSPS) is 25.6. The molecule has 0 saturated carbocycles. The third kappa shape index (κ3) is 3.12. The van der Waals surface area contributed by atoms with Crippen LogP contribution in [0, 0.1) is 0 Å². The first kappa shape index (κ1) is 13.6. The average Bonchev–Trinajstić information content (AvgIpc) is 2.46. The molecule has 0 aromatic heterocycles. The fourth-order valence-corrected chi connectivity index (χ4v) is 5.62. The van der Waals surface area contributed by atoms with Gasteiger partial charge in [0.05, 0.1) is 14.0 Å². The van der Waals surface area contributed by atoms with E-state index in [0.29, 0.717) is 0 Å². The predicted molar refractivity (Wildman–Crippen MR) is 80.7 cm³/mol. The third-order valence-corrected chi connectivity index (χ3v) is 7.74. The smallest absolute Gasteiger partial charge is 0.0778 e. The van der Waals surface area contributed by atoms with E-state index in [1.807, 2.05) is 0 Å². The Hall–Kier alpha value is -0.863. The first-order valence-corrected chi connectivity index (χ1v) is 9.63. The van der Waals surface area contributed by atoms with Crippen molar-refractivity contribution >= 4 is 8.80 Å². The van der Waals surface area contributed by atoms with E-state index in [2.05, 4.69) is 49.5 Å². The van der Waals surface area contributed by atoms with Crippen LogP contribution in [0.25, 0.3) is 0 Å². The Morgan fingerprint density at radius 3 is 2.72 bits per heavy atom. The molecule has 1 aliphatic heterocycles. The third-order valence-electron chi connectivity index (χ3n) is 4.22. The number of ether oxygens (including phenoxy) is 1. The van der Waals surface area contributed by atoms with Gasteiger partial charge in [-0.3, -0.25) is 0 Å². The lowest BCUT2D eigenvalue weighted by Gasteiger charge is -2.39. The lowest BCUT2D eigenvalue weighted by molar-refractivity contribution is 0.0100. The van der Waals surface area contributed by atoms with Crippen LogP contribution in [-0.4, -0.2) is 20.6 Å². The summed E-state index contributed by atoms with van der Waals surface area (Å²) >= 11 is 0. The van der Waals surface area contributed by atoms with Crippen LogP contribution < -0.4 is 0 Å². The van der Waals surface area contributed by atoms with Crippen LogP contribution in [0.3, 0.4) is 0 Å². The summed E-state index contributed by atoms with van der Waals surface area (Å²) in [5.41, 5.74) is 1.45. The quantitative estimate of drug-likeness (QED) is 0.579. The largest absolute Gasteiger partial charge is 0.375 e. The van der Waals surface area contributed by atoms with Crippen molar-refractivity contribution in [3.8, 4) is 0 Å². The van der Waals surface area contributed by atoms with Gasteiger partial charge in [-0.25, -0.2) is 0 Å². The van der Waals surface area contributed by atoms with Crippen molar-refractivity contribution in [2.75, 3.05) is 6.61 Å². The van der Waals surface area contributed by atoms with Gasteiger partial charge in [-0.05, 0) is 31.2 Å². The molecular formula is C16H24OSi. The minimum absolute atomic E-state index is 0.0625. The minimum atomic E-state index is -0.929. The van der Waals surface area contributed by atoms with Crippen molar-refractivity contribution < 1.29 is 4.74 Å². The SMILES string of the molecule is C=CC1([SiH](C)CCc2ccccc2)CCCCO1. The highest BCUT2D eigenvalue weighted by Gasteiger charge is 2.36. The maximum Gasteiger partial charge on any atom is 0.0778 e. The van der Waals surface area contributed by atoms with Gasteiger partial charge in [-0.15, -0.1) is 6.58 Å². The first-order valence-electron chi connectivity index (χ1n) is 7.08. The molecule has 1 aromatic rings. The molecule has 1 heterocycles. The van der Waals surface area contributed by atoms with E-state index in [0.717, 1.165) is 6.61 Å². The molecule has 98 valence electrons. The summed E-state index contributed by atoms with van der Waals surface area (Å²) in [5, 5.41) is 0.0625. The van der Waals surface area contributed by atoms with Gasteiger partial charge in [0.1, 0.15) is 0 Å². The molecule has 1 fully saturated rings. The highest BCUT2D eigenvalue weighted by atomic mass is 28.3. The number of benzene rings is 1. The number of hydrogen-bond donors (Lipinski definition) is 0. The molecule has 2 unspecified atom stereocenters. The Balaban J connectivity index is 1.93. The molecule has 0 aliphatic carbocycles. The molecule has 1 aromatic carbocycles. The average molecular weight is 260 g/mol. The Kier molecular flexibility index (Phi) is 4.78.